The van der Waals surface area contributed by atoms with Crippen molar-refractivity contribution in [1.82, 2.24) is 15.1 Å². The van der Waals surface area contributed by atoms with E-state index in [-0.39, 0.29) is 17.9 Å². The van der Waals surface area contributed by atoms with Gasteiger partial charge < -0.3 is 10.6 Å². The molecule has 1 atom stereocenters. The fourth-order valence-corrected chi connectivity index (χ4v) is 3.29. The van der Waals surface area contributed by atoms with Crippen LogP contribution in [0, 0.1) is 0 Å². The van der Waals surface area contributed by atoms with E-state index in [0.29, 0.717) is 12.6 Å². The molecule has 6 nitrogen and oxygen atoms in total. The first-order valence-electron chi connectivity index (χ1n) is 9.27. The summed E-state index contributed by atoms with van der Waals surface area (Å²) in [6.07, 6.45) is 3.02. The van der Waals surface area contributed by atoms with Crippen molar-refractivity contribution < 1.29 is 9.59 Å². The molecule has 1 heterocycles. The van der Waals surface area contributed by atoms with Crippen LogP contribution in [0.5, 0.6) is 0 Å². The first-order chi connectivity index (χ1) is 12.2. The molecule has 1 saturated carbocycles. The molecule has 0 spiro atoms. The smallest absolute Gasteiger partial charge is 0.241 e. The molecule has 6 heteroatoms. The van der Waals surface area contributed by atoms with Crippen LogP contribution in [-0.4, -0.2) is 66.4 Å². The predicted octanol–water partition coefficient (Wildman–Crippen LogP) is 1.30. The maximum atomic E-state index is 12.6. The van der Waals surface area contributed by atoms with E-state index in [4.69, 9.17) is 0 Å². The lowest BCUT2D eigenvalue weighted by Gasteiger charge is -2.38. The number of amides is 2. The molecule has 1 aliphatic heterocycles. The highest BCUT2D eigenvalue weighted by Gasteiger charge is 2.29. The van der Waals surface area contributed by atoms with Crippen molar-refractivity contribution in [3.05, 3.63) is 30.3 Å². The van der Waals surface area contributed by atoms with E-state index >= 15 is 0 Å². The number of para-hydroxylation sites is 1. The molecule has 1 saturated heterocycles. The van der Waals surface area contributed by atoms with E-state index in [1.807, 2.05) is 37.3 Å². The Morgan fingerprint density at radius 3 is 2.40 bits per heavy atom. The van der Waals surface area contributed by atoms with E-state index in [1.54, 1.807) is 0 Å². The molecule has 2 N–H and O–H groups in total. The fourth-order valence-electron chi connectivity index (χ4n) is 3.29. The standard InChI is InChI=1S/C19H28N4O2/c1-2-17(19(25)21-15-6-4-3-5-7-15)23-12-10-22(11-13-23)14-18(24)20-16-8-9-16/h3-7,16-17H,2,8-14H2,1H3,(H,20,24)(H,21,25)/t17-/m1/s1. The van der Waals surface area contributed by atoms with Crippen molar-refractivity contribution in [3.8, 4) is 0 Å². The van der Waals surface area contributed by atoms with Gasteiger partial charge in [0.15, 0.2) is 0 Å². The van der Waals surface area contributed by atoms with Crippen LogP contribution in [0.4, 0.5) is 5.69 Å². The maximum absolute atomic E-state index is 12.6. The third-order valence-corrected chi connectivity index (χ3v) is 4.89. The zero-order valence-corrected chi connectivity index (χ0v) is 14.9. The van der Waals surface area contributed by atoms with Crippen molar-refractivity contribution in [3.63, 3.8) is 0 Å². The molecule has 1 aromatic carbocycles. The Kier molecular flexibility index (Phi) is 6.04. The highest BCUT2D eigenvalue weighted by molar-refractivity contribution is 5.94. The van der Waals surface area contributed by atoms with Crippen LogP contribution in [0.15, 0.2) is 30.3 Å². The van der Waals surface area contributed by atoms with Gasteiger partial charge in [-0.2, -0.15) is 0 Å². The minimum absolute atomic E-state index is 0.0497. The van der Waals surface area contributed by atoms with Crippen LogP contribution in [0.3, 0.4) is 0 Å². The maximum Gasteiger partial charge on any atom is 0.241 e. The molecule has 2 aliphatic rings. The number of carbonyl (C=O) groups is 2. The molecule has 136 valence electrons. The van der Waals surface area contributed by atoms with E-state index < -0.39 is 0 Å². The molecular formula is C19H28N4O2. The van der Waals surface area contributed by atoms with Crippen LogP contribution in [0.1, 0.15) is 26.2 Å². The van der Waals surface area contributed by atoms with Gasteiger partial charge >= 0.3 is 0 Å². The van der Waals surface area contributed by atoms with Gasteiger partial charge in [-0.3, -0.25) is 19.4 Å². The topological polar surface area (TPSA) is 64.7 Å². The Balaban J connectivity index is 1.46. The minimum atomic E-state index is -0.123. The quantitative estimate of drug-likeness (QED) is 0.783. The van der Waals surface area contributed by atoms with Gasteiger partial charge in [-0.15, -0.1) is 0 Å². The van der Waals surface area contributed by atoms with Crippen molar-refractivity contribution >= 4 is 17.5 Å². The second-order valence-electron chi connectivity index (χ2n) is 6.93. The molecule has 25 heavy (non-hydrogen) atoms. The van der Waals surface area contributed by atoms with Crippen LogP contribution in [-0.2, 0) is 9.59 Å². The van der Waals surface area contributed by atoms with Gasteiger partial charge in [0.25, 0.3) is 0 Å². The first-order valence-corrected chi connectivity index (χ1v) is 9.27. The van der Waals surface area contributed by atoms with E-state index in [1.165, 1.54) is 0 Å². The molecule has 2 fully saturated rings. The number of benzene rings is 1. The lowest BCUT2D eigenvalue weighted by atomic mass is 10.1. The Labute approximate surface area is 149 Å². The van der Waals surface area contributed by atoms with Crippen molar-refractivity contribution in [1.29, 1.82) is 0 Å². The van der Waals surface area contributed by atoms with Gasteiger partial charge in [0.05, 0.1) is 12.6 Å². The number of nitrogens with zero attached hydrogens (tertiary/aromatic N) is 2. The average molecular weight is 344 g/mol. The van der Waals surface area contributed by atoms with Gasteiger partial charge in [0, 0.05) is 37.9 Å². The summed E-state index contributed by atoms with van der Waals surface area (Å²) < 4.78 is 0. The lowest BCUT2D eigenvalue weighted by Crippen LogP contribution is -2.55. The molecular weight excluding hydrogens is 316 g/mol. The van der Waals surface area contributed by atoms with E-state index in [2.05, 4.69) is 20.4 Å². The van der Waals surface area contributed by atoms with Crippen molar-refractivity contribution in [2.24, 2.45) is 0 Å². The first kappa shape index (κ1) is 17.9. The van der Waals surface area contributed by atoms with E-state index in [0.717, 1.165) is 51.1 Å². The number of piperazine rings is 1. The highest BCUT2D eigenvalue weighted by Crippen LogP contribution is 2.18. The Bertz CT molecular complexity index is 580. The monoisotopic (exact) mass is 344 g/mol. The normalized spacial score (nSPS) is 20.0. The lowest BCUT2D eigenvalue weighted by molar-refractivity contribution is -0.125. The van der Waals surface area contributed by atoms with Crippen LogP contribution in [0.25, 0.3) is 0 Å². The highest BCUT2D eigenvalue weighted by atomic mass is 16.2. The number of anilines is 1. The fraction of sp³-hybridized carbons (Fsp3) is 0.579. The zero-order chi connectivity index (χ0) is 17.6. The van der Waals surface area contributed by atoms with Crippen LogP contribution < -0.4 is 10.6 Å². The molecule has 3 rings (SSSR count). The summed E-state index contributed by atoms with van der Waals surface area (Å²) in [5.41, 5.74) is 0.835. The van der Waals surface area contributed by atoms with Gasteiger partial charge in [-0.05, 0) is 31.4 Å². The molecule has 2 amide bonds. The largest absolute Gasteiger partial charge is 0.352 e. The Hall–Kier alpha value is -1.92. The Morgan fingerprint density at radius 2 is 1.80 bits per heavy atom. The summed E-state index contributed by atoms with van der Waals surface area (Å²) in [6, 6.07) is 9.88. The summed E-state index contributed by atoms with van der Waals surface area (Å²) in [6.45, 7) is 5.80. The predicted molar refractivity (Wildman–Crippen MR) is 98.3 cm³/mol. The van der Waals surface area contributed by atoms with E-state index in [9.17, 15) is 9.59 Å². The third-order valence-electron chi connectivity index (χ3n) is 4.89. The summed E-state index contributed by atoms with van der Waals surface area (Å²) in [7, 11) is 0. The SMILES string of the molecule is CC[C@H](C(=O)Nc1ccccc1)N1CCN(CC(=O)NC2CC2)CC1. The number of hydrogen-bond acceptors (Lipinski definition) is 4. The van der Waals surface area contributed by atoms with Crippen LogP contribution in [0.2, 0.25) is 0 Å². The molecule has 0 bridgehead atoms. The molecule has 1 aliphatic carbocycles. The van der Waals surface area contributed by atoms with Gasteiger partial charge in [-0.25, -0.2) is 0 Å². The minimum Gasteiger partial charge on any atom is -0.352 e. The Morgan fingerprint density at radius 1 is 1.12 bits per heavy atom. The second-order valence-corrected chi connectivity index (χ2v) is 6.93. The molecule has 0 unspecified atom stereocenters. The average Bonchev–Trinajstić information content (AvgIpc) is 3.42. The molecule has 1 aromatic rings. The summed E-state index contributed by atoms with van der Waals surface area (Å²) >= 11 is 0. The summed E-state index contributed by atoms with van der Waals surface area (Å²) in [4.78, 5) is 28.9. The zero-order valence-electron chi connectivity index (χ0n) is 14.9. The van der Waals surface area contributed by atoms with Gasteiger partial charge in [0.2, 0.25) is 11.8 Å². The number of rotatable bonds is 7. The van der Waals surface area contributed by atoms with Gasteiger partial charge in [0.1, 0.15) is 0 Å². The van der Waals surface area contributed by atoms with Gasteiger partial charge in [-0.1, -0.05) is 25.1 Å². The van der Waals surface area contributed by atoms with Crippen molar-refractivity contribution in [2.45, 2.75) is 38.3 Å². The number of hydrogen-bond donors (Lipinski definition) is 2. The number of carbonyl (C=O) groups excluding carboxylic acids is 2. The molecule has 0 aromatic heterocycles. The molecule has 0 radical (unpaired) electrons. The summed E-state index contributed by atoms with van der Waals surface area (Å²) in [5.74, 6) is 0.179. The second kappa shape index (κ2) is 8.45. The van der Waals surface area contributed by atoms with Crippen molar-refractivity contribution in [2.75, 3.05) is 38.0 Å². The number of nitrogens with one attached hydrogen (secondary N) is 2. The van der Waals surface area contributed by atoms with Crippen LogP contribution >= 0.6 is 0 Å². The third kappa shape index (κ3) is 5.28. The summed E-state index contributed by atoms with van der Waals surface area (Å²) in [5, 5.41) is 6.04.